The van der Waals surface area contributed by atoms with E-state index >= 15 is 0 Å². The van der Waals surface area contributed by atoms with Gasteiger partial charge in [-0.1, -0.05) is 32.4 Å². The molecule has 0 aliphatic carbocycles. The highest BCUT2D eigenvalue weighted by molar-refractivity contribution is 6.29. The zero-order valence-electron chi connectivity index (χ0n) is 12.8. The number of hydrogen-bond acceptors (Lipinski definition) is 3. The summed E-state index contributed by atoms with van der Waals surface area (Å²) in [5, 5.41) is 0.474. The van der Waals surface area contributed by atoms with Gasteiger partial charge in [0.2, 0.25) is 0 Å². The maximum atomic E-state index is 5.96. The van der Waals surface area contributed by atoms with Gasteiger partial charge in [-0.3, -0.25) is 0 Å². The number of nitrogens with zero attached hydrogens (tertiary/aromatic N) is 1. The zero-order chi connectivity index (χ0) is 15.5. The second kappa shape index (κ2) is 6.35. The van der Waals surface area contributed by atoms with Crippen LogP contribution in [-0.4, -0.2) is 12.1 Å². The van der Waals surface area contributed by atoms with E-state index in [1.165, 1.54) is 0 Å². The molecule has 0 aliphatic rings. The van der Waals surface area contributed by atoms with Gasteiger partial charge in [0.25, 0.3) is 0 Å². The average Bonchev–Trinajstić information content (AvgIpc) is 2.44. The van der Waals surface area contributed by atoms with Crippen molar-refractivity contribution in [2.24, 2.45) is 0 Å². The van der Waals surface area contributed by atoms with E-state index in [0.717, 1.165) is 22.6 Å². The fourth-order valence-corrected chi connectivity index (χ4v) is 2.24. The standard InChI is InChI=1S/C17H20ClNO2/c1-17(2,3)14-10-13(20-4)5-6-15(14)21-11-12-7-8-19-16(18)9-12/h5-10H,11H2,1-4H3. The Morgan fingerprint density at radius 3 is 2.52 bits per heavy atom. The number of benzene rings is 1. The number of halogens is 1. The third-order valence-corrected chi connectivity index (χ3v) is 3.39. The van der Waals surface area contributed by atoms with Crippen LogP contribution in [-0.2, 0) is 12.0 Å². The molecule has 0 radical (unpaired) electrons. The third kappa shape index (κ3) is 4.11. The Labute approximate surface area is 130 Å². The van der Waals surface area contributed by atoms with Gasteiger partial charge in [0.1, 0.15) is 23.3 Å². The Balaban J connectivity index is 2.23. The predicted octanol–water partition coefficient (Wildman–Crippen LogP) is 4.62. The molecule has 0 spiro atoms. The van der Waals surface area contributed by atoms with Crippen molar-refractivity contribution in [2.45, 2.75) is 32.8 Å². The van der Waals surface area contributed by atoms with Crippen molar-refractivity contribution >= 4 is 11.6 Å². The molecule has 1 aromatic heterocycles. The Morgan fingerprint density at radius 1 is 1.14 bits per heavy atom. The summed E-state index contributed by atoms with van der Waals surface area (Å²) in [5.74, 6) is 1.69. The van der Waals surface area contributed by atoms with Crippen LogP contribution < -0.4 is 9.47 Å². The molecule has 0 bridgehead atoms. The SMILES string of the molecule is COc1ccc(OCc2ccnc(Cl)c2)c(C(C)(C)C)c1. The van der Waals surface area contributed by atoms with Crippen molar-refractivity contribution in [3.8, 4) is 11.5 Å². The van der Waals surface area contributed by atoms with Crippen molar-refractivity contribution in [1.29, 1.82) is 0 Å². The largest absolute Gasteiger partial charge is 0.497 e. The van der Waals surface area contributed by atoms with Gasteiger partial charge in [0.15, 0.2) is 0 Å². The number of aromatic nitrogens is 1. The highest BCUT2D eigenvalue weighted by atomic mass is 35.5. The molecule has 3 nitrogen and oxygen atoms in total. The molecule has 0 saturated heterocycles. The fraction of sp³-hybridized carbons (Fsp3) is 0.353. The molecule has 112 valence electrons. The van der Waals surface area contributed by atoms with E-state index in [4.69, 9.17) is 21.1 Å². The molecule has 0 saturated carbocycles. The van der Waals surface area contributed by atoms with Crippen LogP contribution in [0.2, 0.25) is 5.15 Å². The van der Waals surface area contributed by atoms with Gasteiger partial charge < -0.3 is 9.47 Å². The Hall–Kier alpha value is -1.74. The molecule has 21 heavy (non-hydrogen) atoms. The van der Waals surface area contributed by atoms with Crippen LogP contribution in [0.5, 0.6) is 11.5 Å². The fourth-order valence-electron chi connectivity index (χ4n) is 2.04. The lowest BCUT2D eigenvalue weighted by Gasteiger charge is -2.23. The Kier molecular flexibility index (Phi) is 4.73. The van der Waals surface area contributed by atoms with Gasteiger partial charge in [-0.2, -0.15) is 0 Å². The van der Waals surface area contributed by atoms with Crippen LogP contribution in [0.1, 0.15) is 31.9 Å². The average molecular weight is 306 g/mol. The first-order valence-corrected chi connectivity index (χ1v) is 7.19. The van der Waals surface area contributed by atoms with E-state index in [0.29, 0.717) is 11.8 Å². The van der Waals surface area contributed by atoms with E-state index in [1.807, 2.05) is 30.3 Å². The molecule has 1 heterocycles. The molecule has 0 amide bonds. The van der Waals surface area contributed by atoms with Gasteiger partial charge in [0.05, 0.1) is 7.11 Å². The maximum Gasteiger partial charge on any atom is 0.129 e. The monoisotopic (exact) mass is 305 g/mol. The first kappa shape index (κ1) is 15.6. The summed E-state index contributed by atoms with van der Waals surface area (Å²) in [4.78, 5) is 3.97. The molecule has 1 aromatic carbocycles. The maximum absolute atomic E-state index is 5.96. The molecule has 0 aliphatic heterocycles. The number of ether oxygens (including phenoxy) is 2. The normalized spacial score (nSPS) is 11.3. The molecule has 0 atom stereocenters. The van der Waals surface area contributed by atoms with Crippen molar-refractivity contribution in [3.05, 3.63) is 52.8 Å². The van der Waals surface area contributed by atoms with Gasteiger partial charge in [0, 0.05) is 11.8 Å². The van der Waals surface area contributed by atoms with Crippen molar-refractivity contribution < 1.29 is 9.47 Å². The highest BCUT2D eigenvalue weighted by Gasteiger charge is 2.20. The molecular formula is C17H20ClNO2. The van der Waals surface area contributed by atoms with Crippen molar-refractivity contribution in [2.75, 3.05) is 7.11 Å². The summed E-state index contributed by atoms with van der Waals surface area (Å²) >= 11 is 5.89. The van der Waals surface area contributed by atoms with Gasteiger partial charge in [-0.15, -0.1) is 0 Å². The van der Waals surface area contributed by atoms with E-state index in [9.17, 15) is 0 Å². The third-order valence-electron chi connectivity index (χ3n) is 3.18. The summed E-state index contributed by atoms with van der Waals surface area (Å²) in [6, 6.07) is 9.58. The lowest BCUT2D eigenvalue weighted by molar-refractivity contribution is 0.296. The minimum atomic E-state index is -0.0280. The van der Waals surface area contributed by atoms with Gasteiger partial charge in [-0.25, -0.2) is 4.98 Å². The molecular weight excluding hydrogens is 286 g/mol. The van der Waals surface area contributed by atoms with Crippen LogP contribution in [0, 0.1) is 0 Å². The molecule has 4 heteroatoms. The summed E-state index contributed by atoms with van der Waals surface area (Å²) < 4.78 is 11.3. The van der Waals surface area contributed by atoms with Crippen molar-refractivity contribution in [3.63, 3.8) is 0 Å². The second-order valence-electron chi connectivity index (χ2n) is 5.89. The van der Waals surface area contributed by atoms with Crippen LogP contribution in [0.4, 0.5) is 0 Å². The lowest BCUT2D eigenvalue weighted by atomic mass is 9.86. The smallest absolute Gasteiger partial charge is 0.129 e. The number of hydrogen-bond donors (Lipinski definition) is 0. The summed E-state index contributed by atoms with van der Waals surface area (Å²) in [5.41, 5.74) is 2.08. The van der Waals surface area contributed by atoms with E-state index in [2.05, 4.69) is 25.8 Å². The number of rotatable bonds is 4. The van der Waals surface area contributed by atoms with Crippen LogP contribution >= 0.6 is 11.6 Å². The van der Waals surface area contributed by atoms with Gasteiger partial charge >= 0.3 is 0 Å². The van der Waals surface area contributed by atoms with Crippen molar-refractivity contribution in [1.82, 2.24) is 4.98 Å². The quantitative estimate of drug-likeness (QED) is 0.772. The van der Waals surface area contributed by atoms with E-state index in [-0.39, 0.29) is 5.41 Å². The minimum Gasteiger partial charge on any atom is -0.497 e. The van der Waals surface area contributed by atoms with E-state index in [1.54, 1.807) is 13.3 Å². The lowest BCUT2D eigenvalue weighted by Crippen LogP contribution is -2.13. The molecule has 0 unspecified atom stereocenters. The second-order valence-corrected chi connectivity index (χ2v) is 6.27. The summed E-state index contributed by atoms with van der Waals surface area (Å²) in [7, 11) is 1.67. The number of methoxy groups -OCH3 is 1. The Bertz CT molecular complexity index is 620. The minimum absolute atomic E-state index is 0.0280. The Morgan fingerprint density at radius 2 is 1.90 bits per heavy atom. The summed E-state index contributed by atoms with van der Waals surface area (Å²) in [6.07, 6.45) is 1.68. The first-order chi connectivity index (χ1) is 9.90. The molecule has 0 fully saturated rings. The molecule has 2 rings (SSSR count). The topological polar surface area (TPSA) is 31.4 Å². The number of pyridine rings is 1. The molecule has 0 N–H and O–H groups in total. The van der Waals surface area contributed by atoms with Gasteiger partial charge in [-0.05, 0) is 41.3 Å². The predicted molar refractivity (Wildman–Crippen MR) is 85.3 cm³/mol. The zero-order valence-corrected chi connectivity index (χ0v) is 13.6. The first-order valence-electron chi connectivity index (χ1n) is 6.82. The molecule has 2 aromatic rings. The van der Waals surface area contributed by atoms with E-state index < -0.39 is 0 Å². The van der Waals surface area contributed by atoms with Crippen LogP contribution in [0.3, 0.4) is 0 Å². The van der Waals surface area contributed by atoms with Crippen LogP contribution in [0.15, 0.2) is 36.5 Å². The summed E-state index contributed by atoms with van der Waals surface area (Å²) in [6.45, 7) is 6.91. The van der Waals surface area contributed by atoms with Crippen LogP contribution in [0.25, 0.3) is 0 Å². The highest BCUT2D eigenvalue weighted by Crippen LogP contribution is 2.34.